The molecule has 0 spiro atoms. The first kappa shape index (κ1) is 18.5. The number of benzene rings is 2. The van der Waals surface area contributed by atoms with E-state index in [2.05, 4.69) is 26.3 Å². The van der Waals surface area contributed by atoms with Crippen molar-refractivity contribution in [2.24, 2.45) is 0 Å². The number of hydrogen-bond acceptors (Lipinski definition) is 2. The second-order valence-corrected chi connectivity index (χ2v) is 6.52. The van der Waals surface area contributed by atoms with Gasteiger partial charge in [0, 0.05) is 9.50 Å². The van der Waals surface area contributed by atoms with E-state index >= 15 is 0 Å². The van der Waals surface area contributed by atoms with Crippen LogP contribution in [0.25, 0.3) is 5.69 Å². The molecular formula is C17H10BrClF3N3O. The summed E-state index contributed by atoms with van der Waals surface area (Å²) >= 11 is 9.00. The highest BCUT2D eigenvalue weighted by molar-refractivity contribution is 9.10. The molecule has 0 aliphatic heterocycles. The number of aromatic nitrogens is 2. The first-order chi connectivity index (χ1) is 12.3. The van der Waals surface area contributed by atoms with Crippen molar-refractivity contribution in [2.45, 2.75) is 6.18 Å². The summed E-state index contributed by atoms with van der Waals surface area (Å²) in [6.07, 6.45) is -3.89. The number of halogens is 5. The molecule has 0 saturated carbocycles. The zero-order chi connectivity index (χ0) is 18.9. The van der Waals surface area contributed by atoms with Crippen LogP contribution < -0.4 is 5.32 Å². The Labute approximate surface area is 159 Å². The van der Waals surface area contributed by atoms with Crippen molar-refractivity contribution in [2.75, 3.05) is 5.32 Å². The zero-order valence-corrected chi connectivity index (χ0v) is 15.2. The van der Waals surface area contributed by atoms with Crippen molar-refractivity contribution in [3.05, 3.63) is 75.5 Å². The summed E-state index contributed by atoms with van der Waals surface area (Å²) < 4.78 is 42.0. The van der Waals surface area contributed by atoms with Crippen molar-refractivity contribution in [1.82, 2.24) is 9.78 Å². The van der Waals surface area contributed by atoms with Gasteiger partial charge in [0.25, 0.3) is 5.91 Å². The molecule has 0 radical (unpaired) electrons. The van der Waals surface area contributed by atoms with E-state index in [1.165, 1.54) is 24.3 Å². The van der Waals surface area contributed by atoms with Gasteiger partial charge in [-0.2, -0.15) is 18.3 Å². The fourth-order valence-corrected chi connectivity index (χ4v) is 2.83. The molecule has 0 fully saturated rings. The van der Waals surface area contributed by atoms with Gasteiger partial charge in [0.2, 0.25) is 0 Å². The normalized spacial score (nSPS) is 11.4. The lowest BCUT2D eigenvalue weighted by molar-refractivity contribution is -0.143. The lowest BCUT2D eigenvalue weighted by atomic mass is 10.2. The minimum atomic E-state index is -4.78. The molecule has 1 heterocycles. The van der Waals surface area contributed by atoms with Crippen LogP contribution in [0.3, 0.4) is 0 Å². The number of carbonyl (C=O) groups is 1. The predicted molar refractivity (Wildman–Crippen MR) is 95.7 cm³/mol. The molecule has 134 valence electrons. The molecule has 0 aliphatic rings. The van der Waals surface area contributed by atoms with Crippen LogP contribution in [0.5, 0.6) is 0 Å². The van der Waals surface area contributed by atoms with Crippen LogP contribution >= 0.6 is 27.5 Å². The van der Waals surface area contributed by atoms with Gasteiger partial charge in [-0.05, 0) is 52.3 Å². The Morgan fingerprint density at radius 1 is 1.12 bits per heavy atom. The predicted octanol–water partition coefficient (Wildman–Crippen LogP) is 5.56. The Hall–Kier alpha value is -2.32. The first-order valence-electron chi connectivity index (χ1n) is 7.24. The van der Waals surface area contributed by atoms with E-state index in [1.807, 2.05) is 0 Å². The van der Waals surface area contributed by atoms with Crippen LogP contribution in [-0.4, -0.2) is 15.7 Å². The summed E-state index contributed by atoms with van der Waals surface area (Å²) in [5.41, 5.74) is -1.25. The van der Waals surface area contributed by atoms with Crippen molar-refractivity contribution in [1.29, 1.82) is 0 Å². The second kappa shape index (κ2) is 7.13. The summed E-state index contributed by atoms with van der Waals surface area (Å²) in [6, 6.07) is 12.3. The zero-order valence-electron chi connectivity index (χ0n) is 12.9. The molecule has 1 N–H and O–H groups in total. The third-order valence-corrected chi connectivity index (χ3v) is 4.42. The number of alkyl halides is 3. The third kappa shape index (κ3) is 3.76. The van der Waals surface area contributed by atoms with Crippen LogP contribution in [0.2, 0.25) is 5.02 Å². The second-order valence-electron chi connectivity index (χ2n) is 5.23. The SMILES string of the molecule is O=C(Nc1ccccc1Br)c1cnn(-c2ccc(Cl)cc2)c1C(F)(F)F. The molecule has 0 saturated heterocycles. The third-order valence-electron chi connectivity index (χ3n) is 3.48. The molecule has 9 heteroatoms. The lowest BCUT2D eigenvalue weighted by Crippen LogP contribution is -2.20. The van der Waals surface area contributed by atoms with E-state index in [9.17, 15) is 18.0 Å². The Balaban J connectivity index is 2.04. The van der Waals surface area contributed by atoms with E-state index in [0.717, 1.165) is 6.20 Å². The summed E-state index contributed by atoms with van der Waals surface area (Å²) in [5.74, 6) is -0.913. The fraction of sp³-hybridized carbons (Fsp3) is 0.0588. The molecule has 1 aromatic heterocycles. The van der Waals surface area contributed by atoms with Gasteiger partial charge in [-0.25, -0.2) is 4.68 Å². The van der Waals surface area contributed by atoms with Gasteiger partial charge in [0.05, 0.1) is 23.1 Å². The van der Waals surface area contributed by atoms with Crippen LogP contribution in [0.1, 0.15) is 16.1 Å². The summed E-state index contributed by atoms with van der Waals surface area (Å²) in [7, 11) is 0. The van der Waals surface area contributed by atoms with Gasteiger partial charge in [0.1, 0.15) is 0 Å². The highest BCUT2D eigenvalue weighted by atomic mass is 79.9. The van der Waals surface area contributed by atoms with Gasteiger partial charge in [-0.3, -0.25) is 4.79 Å². The van der Waals surface area contributed by atoms with Gasteiger partial charge in [0.15, 0.2) is 5.69 Å². The van der Waals surface area contributed by atoms with Crippen molar-refractivity contribution < 1.29 is 18.0 Å². The van der Waals surface area contributed by atoms with E-state index in [1.54, 1.807) is 24.3 Å². The molecule has 3 aromatic rings. The molecule has 2 aromatic carbocycles. The Bertz CT molecular complexity index is 955. The number of para-hydroxylation sites is 1. The maximum absolute atomic E-state index is 13.6. The minimum absolute atomic E-state index is 0.140. The van der Waals surface area contributed by atoms with Crippen molar-refractivity contribution in [3.8, 4) is 5.69 Å². The molecule has 1 amide bonds. The number of carbonyl (C=O) groups excluding carboxylic acids is 1. The molecule has 0 aliphatic carbocycles. The quantitative estimate of drug-likeness (QED) is 0.575. The lowest BCUT2D eigenvalue weighted by Gasteiger charge is -2.13. The van der Waals surface area contributed by atoms with Gasteiger partial charge in [-0.15, -0.1) is 0 Å². The minimum Gasteiger partial charge on any atom is -0.321 e. The fourth-order valence-electron chi connectivity index (χ4n) is 2.32. The standard InChI is InChI=1S/C17H10BrClF3N3O/c18-13-3-1-2-4-14(13)24-16(26)12-9-23-25(15(12)17(20,21)22)11-7-5-10(19)6-8-11/h1-9H,(H,24,26). The number of nitrogens with one attached hydrogen (secondary N) is 1. The summed E-state index contributed by atoms with van der Waals surface area (Å²) in [5, 5.41) is 6.58. The van der Waals surface area contributed by atoms with E-state index in [0.29, 0.717) is 19.9 Å². The topological polar surface area (TPSA) is 46.9 Å². The molecule has 0 bridgehead atoms. The number of rotatable bonds is 3. The average Bonchev–Trinajstić information content (AvgIpc) is 3.03. The number of anilines is 1. The molecule has 0 unspecified atom stereocenters. The van der Waals surface area contributed by atoms with E-state index in [4.69, 9.17) is 11.6 Å². The van der Waals surface area contributed by atoms with Gasteiger partial charge < -0.3 is 5.32 Å². The van der Waals surface area contributed by atoms with Crippen LogP contribution in [0.15, 0.2) is 59.2 Å². The summed E-state index contributed by atoms with van der Waals surface area (Å²) in [4.78, 5) is 12.4. The summed E-state index contributed by atoms with van der Waals surface area (Å²) in [6.45, 7) is 0. The molecule has 0 atom stereocenters. The first-order valence-corrected chi connectivity index (χ1v) is 8.41. The Kier molecular flexibility index (Phi) is 5.06. The molecule has 26 heavy (non-hydrogen) atoms. The van der Waals surface area contributed by atoms with Gasteiger partial charge >= 0.3 is 6.18 Å². The van der Waals surface area contributed by atoms with Crippen LogP contribution in [0, 0.1) is 0 Å². The van der Waals surface area contributed by atoms with Crippen LogP contribution in [-0.2, 0) is 6.18 Å². The Morgan fingerprint density at radius 3 is 2.38 bits per heavy atom. The molecular weight excluding hydrogens is 435 g/mol. The maximum atomic E-state index is 13.6. The number of hydrogen-bond donors (Lipinski definition) is 1. The maximum Gasteiger partial charge on any atom is 0.434 e. The average molecular weight is 445 g/mol. The van der Waals surface area contributed by atoms with Crippen molar-refractivity contribution >= 4 is 39.1 Å². The monoisotopic (exact) mass is 443 g/mol. The van der Waals surface area contributed by atoms with Gasteiger partial charge in [-0.1, -0.05) is 23.7 Å². The largest absolute Gasteiger partial charge is 0.434 e. The number of amides is 1. The molecule has 4 nitrogen and oxygen atoms in total. The smallest absolute Gasteiger partial charge is 0.321 e. The van der Waals surface area contributed by atoms with E-state index < -0.39 is 23.3 Å². The van der Waals surface area contributed by atoms with Crippen molar-refractivity contribution in [3.63, 3.8) is 0 Å². The number of nitrogens with zero attached hydrogens (tertiary/aromatic N) is 2. The van der Waals surface area contributed by atoms with E-state index in [-0.39, 0.29) is 5.69 Å². The highest BCUT2D eigenvalue weighted by Gasteiger charge is 2.40. The highest BCUT2D eigenvalue weighted by Crippen LogP contribution is 2.34. The molecule has 3 rings (SSSR count). The Morgan fingerprint density at radius 2 is 1.77 bits per heavy atom. The van der Waals surface area contributed by atoms with Crippen LogP contribution in [0.4, 0.5) is 18.9 Å².